The Labute approximate surface area is 128 Å². The predicted molar refractivity (Wildman–Crippen MR) is 82.1 cm³/mol. The van der Waals surface area contributed by atoms with Crippen molar-refractivity contribution in [2.24, 2.45) is 0 Å². The van der Waals surface area contributed by atoms with Crippen molar-refractivity contribution in [2.45, 2.75) is 0 Å². The fraction of sp³-hybridized carbons (Fsp3) is 0.0556. The normalized spacial score (nSPS) is 10.4. The summed E-state index contributed by atoms with van der Waals surface area (Å²) >= 11 is 0. The average molecular weight is 288 g/mol. The minimum Gasteiger partial charge on any atom is -0.497 e. The molecule has 0 aliphatic carbocycles. The Kier molecular flexibility index (Phi) is 4.70. The topological polar surface area (TPSA) is 73.9 Å². The summed E-state index contributed by atoms with van der Waals surface area (Å²) in [6.45, 7) is 0. The first-order valence-corrected chi connectivity index (χ1v) is 6.48. The van der Waals surface area contributed by atoms with Crippen molar-refractivity contribution in [1.82, 2.24) is 0 Å². The van der Waals surface area contributed by atoms with Crippen LogP contribution in [0.5, 0.6) is 5.75 Å². The average Bonchev–Trinajstić information content (AvgIpc) is 2.59. The third-order valence-corrected chi connectivity index (χ3v) is 3.02. The lowest BCUT2D eigenvalue weighted by Crippen LogP contribution is -2.02. The van der Waals surface area contributed by atoms with Crippen molar-refractivity contribution in [1.29, 1.82) is 10.5 Å². The number of nitrogens with zero attached hydrogens (tertiary/aromatic N) is 2. The number of ether oxygens (including phenoxy) is 1. The van der Waals surface area contributed by atoms with Crippen LogP contribution in [0.3, 0.4) is 0 Å². The van der Waals surface area contributed by atoms with Gasteiger partial charge in [0.2, 0.25) is 5.78 Å². The quantitative estimate of drug-likeness (QED) is 0.491. The van der Waals surface area contributed by atoms with Crippen LogP contribution in [-0.4, -0.2) is 12.9 Å². The third-order valence-electron chi connectivity index (χ3n) is 3.02. The molecule has 0 aromatic heterocycles. The fourth-order valence-corrected chi connectivity index (χ4v) is 1.93. The van der Waals surface area contributed by atoms with Gasteiger partial charge in [0, 0.05) is 5.56 Å². The molecule has 2 aromatic carbocycles. The van der Waals surface area contributed by atoms with E-state index in [2.05, 4.69) is 0 Å². The molecular formula is C18H12N2O2. The van der Waals surface area contributed by atoms with Gasteiger partial charge in [-0.2, -0.15) is 10.5 Å². The van der Waals surface area contributed by atoms with Crippen molar-refractivity contribution in [3.8, 4) is 17.9 Å². The largest absolute Gasteiger partial charge is 0.497 e. The molecule has 0 heterocycles. The second-order valence-corrected chi connectivity index (χ2v) is 4.47. The van der Waals surface area contributed by atoms with Gasteiger partial charge in [-0.3, -0.25) is 4.79 Å². The summed E-state index contributed by atoms with van der Waals surface area (Å²) in [5, 5.41) is 18.1. The van der Waals surface area contributed by atoms with E-state index < -0.39 is 0 Å². The van der Waals surface area contributed by atoms with Crippen LogP contribution in [0, 0.1) is 22.7 Å². The van der Waals surface area contributed by atoms with E-state index in [0.29, 0.717) is 22.4 Å². The van der Waals surface area contributed by atoms with Gasteiger partial charge in [0.15, 0.2) is 0 Å². The number of benzene rings is 2. The first kappa shape index (κ1) is 15.0. The molecule has 4 heteroatoms. The predicted octanol–water partition coefficient (Wildman–Crippen LogP) is 3.36. The molecule has 0 unspecified atom stereocenters. The number of nitriles is 2. The highest BCUT2D eigenvalue weighted by Gasteiger charge is 2.13. The molecule has 0 N–H and O–H groups in total. The standard InChI is InChI=1S/C18H12N2O2/c1-22-17-7-3-6-15(10-17)18(21)16(12-20)9-13-4-2-5-14(8-13)11-19/h2-10H,1H3/b16-9+. The van der Waals surface area contributed by atoms with E-state index in [9.17, 15) is 10.1 Å². The first-order valence-electron chi connectivity index (χ1n) is 6.48. The maximum atomic E-state index is 12.4. The van der Waals surface area contributed by atoms with E-state index in [1.165, 1.54) is 13.2 Å². The number of ketones is 1. The van der Waals surface area contributed by atoms with Crippen LogP contribution in [-0.2, 0) is 0 Å². The van der Waals surface area contributed by atoms with Crippen molar-refractivity contribution in [2.75, 3.05) is 7.11 Å². The maximum absolute atomic E-state index is 12.4. The molecule has 0 amide bonds. The van der Waals surface area contributed by atoms with Crippen molar-refractivity contribution in [3.05, 3.63) is 70.8 Å². The van der Waals surface area contributed by atoms with Gasteiger partial charge in [0.1, 0.15) is 17.4 Å². The number of allylic oxidation sites excluding steroid dienone is 1. The molecule has 2 aromatic rings. The van der Waals surface area contributed by atoms with Crippen LogP contribution in [0.1, 0.15) is 21.5 Å². The van der Waals surface area contributed by atoms with Crippen molar-refractivity contribution in [3.63, 3.8) is 0 Å². The molecular weight excluding hydrogens is 276 g/mol. The molecule has 0 saturated heterocycles. The molecule has 106 valence electrons. The number of carbonyl (C=O) groups excluding carboxylic acids is 1. The van der Waals surface area contributed by atoms with Crippen LogP contribution in [0.4, 0.5) is 0 Å². The van der Waals surface area contributed by atoms with Gasteiger partial charge >= 0.3 is 0 Å². The van der Waals surface area contributed by atoms with E-state index in [-0.39, 0.29) is 11.4 Å². The highest BCUT2D eigenvalue weighted by molar-refractivity contribution is 6.14. The van der Waals surface area contributed by atoms with Crippen LogP contribution in [0.25, 0.3) is 6.08 Å². The summed E-state index contributed by atoms with van der Waals surface area (Å²) in [6, 6.07) is 17.3. The number of rotatable bonds is 4. The summed E-state index contributed by atoms with van der Waals surface area (Å²) in [4.78, 5) is 12.4. The number of carbonyl (C=O) groups is 1. The molecule has 0 atom stereocenters. The van der Waals surface area contributed by atoms with Crippen LogP contribution in [0.15, 0.2) is 54.1 Å². The second-order valence-electron chi connectivity index (χ2n) is 4.47. The minimum absolute atomic E-state index is 0.00310. The van der Waals surface area contributed by atoms with Crippen LogP contribution < -0.4 is 4.74 Å². The maximum Gasteiger partial charge on any atom is 0.203 e. The fourth-order valence-electron chi connectivity index (χ4n) is 1.93. The van der Waals surface area contributed by atoms with Gasteiger partial charge in [0.25, 0.3) is 0 Å². The number of Topliss-reactive ketones (excluding diaryl/α,β-unsaturated/α-hetero) is 1. The van der Waals surface area contributed by atoms with E-state index in [4.69, 9.17) is 10.00 Å². The van der Waals surface area contributed by atoms with Gasteiger partial charge in [0.05, 0.1) is 18.7 Å². The zero-order valence-corrected chi connectivity index (χ0v) is 11.9. The van der Waals surface area contributed by atoms with E-state index in [1.807, 2.05) is 12.1 Å². The Bertz CT molecular complexity index is 823. The SMILES string of the molecule is COc1cccc(C(=O)/C(C#N)=C/c2cccc(C#N)c2)c1. The molecule has 22 heavy (non-hydrogen) atoms. The minimum atomic E-state index is -0.385. The summed E-state index contributed by atoms with van der Waals surface area (Å²) < 4.78 is 5.08. The molecule has 0 fully saturated rings. The molecule has 2 rings (SSSR count). The van der Waals surface area contributed by atoms with Gasteiger partial charge < -0.3 is 4.74 Å². The van der Waals surface area contributed by atoms with E-state index in [0.717, 1.165) is 0 Å². The lowest BCUT2D eigenvalue weighted by atomic mass is 10.0. The van der Waals surface area contributed by atoms with Crippen molar-refractivity contribution >= 4 is 11.9 Å². The lowest BCUT2D eigenvalue weighted by molar-refractivity contribution is 0.103. The van der Waals surface area contributed by atoms with Gasteiger partial charge in [-0.25, -0.2) is 0 Å². The molecule has 0 radical (unpaired) electrons. The van der Waals surface area contributed by atoms with Crippen LogP contribution in [0.2, 0.25) is 0 Å². The highest BCUT2D eigenvalue weighted by atomic mass is 16.5. The van der Waals surface area contributed by atoms with Crippen molar-refractivity contribution < 1.29 is 9.53 Å². The Morgan fingerprint density at radius 1 is 1.14 bits per heavy atom. The zero-order chi connectivity index (χ0) is 15.9. The smallest absolute Gasteiger partial charge is 0.203 e. The Morgan fingerprint density at radius 3 is 2.59 bits per heavy atom. The number of hydrogen-bond donors (Lipinski definition) is 0. The lowest BCUT2D eigenvalue weighted by Gasteiger charge is -2.03. The molecule has 0 spiro atoms. The highest BCUT2D eigenvalue weighted by Crippen LogP contribution is 2.17. The summed E-state index contributed by atoms with van der Waals surface area (Å²) in [7, 11) is 1.51. The monoisotopic (exact) mass is 288 g/mol. The Hall–Kier alpha value is -3.37. The van der Waals surface area contributed by atoms with E-state index >= 15 is 0 Å². The number of methoxy groups -OCH3 is 1. The van der Waals surface area contributed by atoms with Gasteiger partial charge in [-0.05, 0) is 35.9 Å². The zero-order valence-electron chi connectivity index (χ0n) is 11.9. The molecule has 0 aliphatic heterocycles. The Morgan fingerprint density at radius 2 is 1.91 bits per heavy atom. The third kappa shape index (κ3) is 3.39. The van der Waals surface area contributed by atoms with Gasteiger partial charge in [-0.15, -0.1) is 0 Å². The van der Waals surface area contributed by atoms with E-state index in [1.54, 1.807) is 48.5 Å². The molecule has 0 saturated carbocycles. The van der Waals surface area contributed by atoms with Crippen LogP contribution >= 0.6 is 0 Å². The first-order chi connectivity index (χ1) is 10.7. The summed E-state index contributed by atoms with van der Waals surface area (Å²) in [5.41, 5.74) is 1.48. The second kappa shape index (κ2) is 6.88. The summed E-state index contributed by atoms with van der Waals surface area (Å²) in [5.74, 6) is 0.165. The molecule has 0 bridgehead atoms. The molecule has 4 nitrogen and oxygen atoms in total. The number of hydrogen-bond acceptors (Lipinski definition) is 4. The molecule has 0 aliphatic rings. The van der Waals surface area contributed by atoms with Gasteiger partial charge in [-0.1, -0.05) is 24.3 Å². The Balaban J connectivity index is 2.38. The summed E-state index contributed by atoms with van der Waals surface area (Å²) in [6.07, 6.45) is 1.47.